The quantitative estimate of drug-likeness (QED) is 0.781. The van der Waals surface area contributed by atoms with Crippen LogP contribution >= 0.6 is 0 Å². The van der Waals surface area contributed by atoms with Crippen LogP contribution in [-0.4, -0.2) is 59.3 Å². The van der Waals surface area contributed by atoms with Crippen molar-refractivity contribution in [1.29, 1.82) is 0 Å². The molecule has 0 unspecified atom stereocenters. The summed E-state index contributed by atoms with van der Waals surface area (Å²) in [6.07, 6.45) is -4.11. The van der Waals surface area contributed by atoms with Gasteiger partial charge in [0, 0.05) is 25.3 Å². The van der Waals surface area contributed by atoms with E-state index in [2.05, 4.69) is 10.3 Å². The molecule has 1 aliphatic rings. The second kappa shape index (κ2) is 8.11. The summed E-state index contributed by atoms with van der Waals surface area (Å²) < 4.78 is 48.9. The highest BCUT2D eigenvalue weighted by atomic mass is 19.4. The van der Waals surface area contributed by atoms with Gasteiger partial charge in [0.05, 0.1) is 24.4 Å². The Kier molecular flexibility index (Phi) is 5.78. The Morgan fingerprint density at radius 2 is 2.17 bits per heavy atom. The number of likely N-dealkylation sites (tertiary alicyclic amines) is 1. The van der Waals surface area contributed by atoms with Crippen LogP contribution in [0.25, 0.3) is 11.3 Å². The highest BCUT2D eigenvalue weighted by molar-refractivity contribution is 5.90. The molecule has 156 valence electrons. The van der Waals surface area contributed by atoms with Gasteiger partial charge < -0.3 is 24.5 Å². The van der Waals surface area contributed by atoms with E-state index in [-0.39, 0.29) is 30.4 Å². The SMILES string of the molecule is COC[C@H]1C[C@@H](NC(=O)c2ncc(-c3cccc(C(F)(F)F)c3)o2)CN1C(=O)O. The second-order valence-electron chi connectivity index (χ2n) is 6.56. The number of methoxy groups -OCH3 is 1. The molecular weight excluding hydrogens is 395 g/mol. The van der Waals surface area contributed by atoms with Crippen molar-refractivity contribution in [2.24, 2.45) is 0 Å². The third-order valence-corrected chi connectivity index (χ3v) is 4.53. The number of amides is 2. The third kappa shape index (κ3) is 4.67. The predicted molar refractivity (Wildman–Crippen MR) is 93.2 cm³/mol. The second-order valence-corrected chi connectivity index (χ2v) is 6.56. The van der Waals surface area contributed by atoms with E-state index in [1.165, 1.54) is 24.1 Å². The molecule has 2 amide bonds. The molecule has 0 aliphatic carbocycles. The summed E-state index contributed by atoms with van der Waals surface area (Å²) in [5.41, 5.74) is -0.717. The molecule has 8 nitrogen and oxygen atoms in total. The van der Waals surface area contributed by atoms with Gasteiger partial charge in [-0.1, -0.05) is 12.1 Å². The Labute approximate surface area is 163 Å². The highest BCUT2D eigenvalue weighted by Crippen LogP contribution is 2.32. The lowest BCUT2D eigenvalue weighted by Crippen LogP contribution is -2.39. The molecule has 2 aromatic rings. The van der Waals surface area contributed by atoms with Crippen molar-refractivity contribution in [3.8, 4) is 11.3 Å². The Balaban J connectivity index is 1.70. The average molecular weight is 413 g/mol. The maximum atomic E-state index is 12.9. The normalized spacial score (nSPS) is 19.4. The van der Waals surface area contributed by atoms with E-state index in [0.29, 0.717) is 6.42 Å². The van der Waals surface area contributed by atoms with E-state index in [9.17, 15) is 27.9 Å². The van der Waals surface area contributed by atoms with Gasteiger partial charge in [-0.15, -0.1) is 0 Å². The summed E-state index contributed by atoms with van der Waals surface area (Å²) in [6, 6.07) is 3.61. The summed E-state index contributed by atoms with van der Waals surface area (Å²) in [4.78, 5) is 28.7. The van der Waals surface area contributed by atoms with Crippen LogP contribution in [0, 0.1) is 0 Å². The molecule has 1 fully saturated rings. The standard InChI is InChI=1S/C18H18F3N3O5/c1-28-9-13-6-12(8-24(13)17(26)27)23-15(25)16-22-7-14(29-16)10-3-2-4-11(5-10)18(19,20)21/h2-5,7,12-13H,6,8-9H2,1H3,(H,23,25)(H,26,27)/t12-,13-/m1/s1. The molecule has 0 radical (unpaired) electrons. The van der Waals surface area contributed by atoms with Gasteiger partial charge in [0.15, 0.2) is 5.76 Å². The summed E-state index contributed by atoms with van der Waals surface area (Å²) in [5.74, 6) is -0.997. The van der Waals surface area contributed by atoms with Gasteiger partial charge in [-0.05, 0) is 18.6 Å². The Hall–Kier alpha value is -3.08. The summed E-state index contributed by atoms with van der Waals surface area (Å²) >= 11 is 0. The molecule has 0 spiro atoms. The lowest BCUT2D eigenvalue weighted by atomic mass is 10.1. The van der Waals surface area contributed by atoms with Crippen molar-refractivity contribution in [3.63, 3.8) is 0 Å². The van der Waals surface area contributed by atoms with Crippen LogP contribution in [0.5, 0.6) is 0 Å². The van der Waals surface area contributed by atoms with Crippen LogP contribution < -0.4 is 5.32 Å². The first-order valence-corrected chi connectivity index (χ1v) is 8.62. The van der Waals surface area contributed by atoms with E-state index < -0.39 is 35.8 Å². The number of hydrogen-bond donors (Lipinski definition) is 2. The van der Waals surface area contributed by atoms with Gasteiger partial charge in [-0.25, -0.2) is 9.78 Å². The van der Waals surface area contributed by atoms with Crippen molar-refractivity contribution >= 4 is 12.0 Å². The molecule has 3 rings (SSSR count). The Bertz CT molecular complexity index is 899. The van der Waals surface area contributed by atoms with E-state index in [0.717, 1.165) is 18.3 Å². The van der Waals surface area contributed by atoms with Gasteiger partial charge in [0.25, 0.3) is 5.89 Å². The molecule has 2 atom stereocenters. The van der Waals surface area contributed by atoms with E-state index in [1.54, 1.807) is 0 Å². The van der Waals surface area contributed by atoms with Crippen molar-refractivity contribution in [3.05, 3.63) is 41.9 Å². The van der Waals surface area contributed by atoms with Gasteiger partial charge in [0.1, 0.15) is 0 Å². The number of rotatable bonds is 5. The lowest BCUT2D eigenvalue weighted by Gasteiger charge is -2.19. The molecule has 1 aromatic carbocycles. The van der Waals surface area contributed by atoms with E-state index in [4.69, 9.17) is 9.15 Å². The number of nitrogens with zero attached hydrogens (tertiary/aromatic N) is 2. The molecule has 0 bridgehead atoms. The Morgan fingerprint density at radius 3 is 2.83 bits per heavy atom. The minimum atomic E-state index is -4.51. The Morgan fingerprint density at radius 1 is 1.41 bits per heavy atom. The van der Waals surface area contributed by atoms with Crippen LogP contribution in [0.15, 0.2) is 34.9 Å². The molecule has 0 saturated carbocycles. The predicted octanol–water partition coefficient (Wildman–Crippen LogP) is 2.86. The molecule has 1 saturated heterocycles. The maximum absolute atomic E-state index is 12.9. The number of oxazole rings is 1. The minimum absolute atomic E-state index is 0.0112. The van der Waals surface area contributed by atoms with Crippen LogP contribution in [-0.2, 0) is 10.9 Å². The first-order valence-electron chi connectivity index (χ1n) is 8.62. The number of benzene rings is 1. The number of carboxylic acid groups (broad SMARTS) is 1. The van der Waals surface area contributed by atoms with Crippen LogP contribution in [0.4, 0.5) is 18.0 Å². The van der Waals surface area contributed by atoms with Crippen molar-refractivity contribution in [1.82, 2.24) is 15.2 Å². The molecule has 2 heterocycles. The van der Waals surface area contributed by atoms with Gasteiger partial charge in [0.2, 0.25) is 0 Å². The number of halogens is 3. The monoisotopic (exact) mass is 413 g/mol. The van der Waals surface area contributed by atoms with Crippen molar-refractivity contribution < 1.29 is 37.0 Å². The van der Waals surface area contributed by atoms with Crippen LogP contribution in [0.2, 0.25) is 0 Å². The minimum Gasteiger partial charge on any atom is -0.465 e. The number of ether oxygens (including phenoxy) is 1. The first kappa shape index (κ1) is 20.6. The molecule has 29 heavy (non-hydrogen) atoms. The summed E-state index contributed by atoms with van der Waals surface area (Å²) in [6.45, 7) is 0.271. The smallest absolute Gasteiger partial charge is 0.416 e. The zero-order valence-corrected chi connectivity index (χ0v) is 15.3. The molecule has 2 N–H and O–H groups in total. The lowest BCUT2D eigenvalue weighted by molar-refractivity contribution is -0.137. The molecular formula is C18H18F3N3O5. The van der Waals surface area contributed by atoms with Crippen LogP contribution in [0.1, 0.15) is 22.7 Å². The molecule has 11 heteroatoms. The first-order chi connectivity index (χ1) is 13.7. The molecule has 1 aromatic heterocycles. The third-order valence-electron chi connectivity index (χ3n) is 4.53. The van der Waals surface area contributed by atoms with E-state index in [1.807, 2.05) is 0 Å². The summed E-state index contributed by atoms with van der Waals surface area (Å²) in [5, 5.41) is 11.9. The largest absolute Gasteiger partial charge is 0.465 e. The van der Waals surface area contributed by atoms with Gasteiger partial charge in [-0.3, -0.25) is 4.79 Å². The fourth-order valence-corrected chi connectivity index (χ4v) is 3.21. The average Bonchev–Trinajstić information content (AvgIpc) is 3.29. The van der Waals surface area contributed by atoms with Crippen molar-refractivity contribution in [2.45, 2.75) is 24.7 Å². The highest BCUT2D eigenvalue weighted by Gasteiger charge is 2.36. The molecule has 1 aliphatic heterocycles. The zero-order chi connectivity index (χ0) is 21.2. The fourth-order valence-electron chi connectivity index (χ4n) is 3.21. The number of carbonyl (C=O) groups excluding carboxylic acids is 1. The van der Waals surface area contributed by atoms with Gasteiger partial charge in [-0.2, -0.15) is 13.2 Å². The number of nitrogens with one attached hydrogen (secondary N) is 1. The number of hydrogen-bond acceptors (Lipinski definition) is 5. The topological polar surface area (TPSA) is 105 Å². The fraction of sp³-hybridized carbons (Fsp3) is 0.389. The number of aromatic nitrogens is 1. The maximum Gasteiger partial charge on any atom is 0.416 e. The van der Waals surface area contributed by atoms with E-state index >= 15 is 0 Å². The number of carbonyl (C=O) groups is 2. The van der Waals surface area contributed by atoms with Gasteiger partial charge >= 0.3 is 18.2 Å². The summed E-state index contributed by atoms with van der Waals surface area (Å²) in [7, 11) is 1.45. The van der Waals surface area contributed by atoms with Crippen molar-refractivity contribution in [2.75, 3.05) is 20.3 Å². The van der Waals surface area contributed by atoms with Crippen LogP contribution in [0.3, 0.4) is 0 Å². The zero-order valence-electron chi connectivity index (χ0n) is 15.3. The number of alkyl halides is 3.